The van der Waals surface area contributed by atoms with Gasteiger partial charge in [-0.25, -0.2) is 9.97 Å². The summed E-state index contributed by atoms with van der Waals surface area (Å²) < 4.78 is 0.952. The van der Waals surface area contributed by atoms with Gasteiger partial charge in [0.2, 0.25) is 0 Å². The lowest BCUT2D eigenvalue weighted by molar-refractivity contribution is 1.02. The van der Waals surface area contributed by atoms with Crippen molar-refractivity contribution in [2.45, 2.75) is 25.8 Å². The molecule has 0 radical (unpaired) electrons. The number of aryl methyl sites for hydroxylation is 1. The summed E-state index contributed by atoms with van der Waals surface area (Å²) in [7, 11) is 0. The van der Waals surface area contributed by atoms with Crippen LogP contribution in [0.25, 0.3) is 11.3 Å². The molecule has 3 rings (SSSR count). The van der Waals surface area contributed by atoms with Crippen LogP contribution in [0, 0.1) is 6.92 Å². The molecule has 0 aromatic carbocycles. The highest BCUT2D eigenvalue weighted by atomic mass is 79.9. The summed E-state index contributed by atoms with van der Waals surface area (Å²) in [5, 5.41) is 3.40. The number of aromatic nitrogens is 3. The van der Waals surface area contributed by atoms with Gasteiger partial charge in [0.05, 0.1) is 5.69 Å². The van der Waals surface area contributed by atoms with Crippen LogP contribution in [0.5, 0.6) is 0 Å². The van der Waals surface area contributed by atoms with E-state index in [1.54, 1.807) is 6.20 Å². The molecule has 1 aliphatic rings. The zero-order valence-electron chi connectivity index (χ0n) is 10.0. The first-order valence-corrected chi connectivity index (χ1v) is 6.73. The van der Waals surface area contributed by atoms with Gasteiger partial charge in [-0.2, -0.15) is 0 Å². The number of nitrogens with one attached hydrogen (secondary N) is 1. The smallest absolute Gasteiger partial charge is 0.130 e. The summed E-state index contributed by atoms with van der Waals surface area (Å²) in [6.07, 6.45) is 6.04. The number of rotatable bonds is 3. The maximum Gasteiger partial charge on any atom is 0.130 e. The molecule has 1 N–H and O–H groups in total. The normalized spacial score (nSPS) is 14.6. The molecule has 0 amide bonds. The Morgan fingerprint density at radius 2 is 2.06 bits per heavy atom. The Balaban J connectivity index is 1.97. The molecular formula is C13H13BrN4. The van der Waals surface area contributed by atoms with Crippen LogP contribution in [0.4, 0.5) is 5.82 Å². The third-order valence-electron chi connectivity index (χ3n) is 2.77. The fourth-order valence-electron chi connectivity index (χ4n) is 1.78. The fourth-order valence-corrected chi connectivity index (χ4v) is 2.14. The molecule has 0 spiro atoms. The molecule has 5 heteroatoms. The average molecular weight is 305 g/mol. The molecular weight excluding hydrogens is 292 g/mol. The van der Waals surface area contributed by atoms with Gasteiger partial charge in [-0.05, 0) is 41.8 Å². The zero-order chi connectivity index (χ0) is 12.5. The molecule has 18 heavy (non-hydrogen) atoms. The molecule has 0 aliphatic heterocycles. The predicted octanol–water partition coefficient (Wildman–Crippen LogP) is 3.18. The molecule has 1 saturated carbocycles. The van der Waals surface area contributed by atoms with E-state index < -0.39 is 0 Å². The summed E-state index contributed by atoms with van der Waals surface area (Å²) in [6, 6.07) is 4.58. The monoisotopic (exact) mass is 304 g/mol. The summed E-state index contributed by atoms with van der Waals surface area (Å²) in [5.41, 5.74) is 1.90. The van der Waals surface area contributed by atoms with E-state index in [9.17, 15) is 0 Å². The second-order valence-corrected chi connectivity index (χ2v) is 5.41. The number of halogens is 1. The van der Waals surface area contributed by atoms with Gasteiger partial charge in [0.15, 0.2) is 0 Å². The van der Waals surface area contributed by atoms with Gasteiger partial charge >= 0.3 is 0 Å². The summed E-state index contributed by atoms with van der Waals surface area (Å²) in [5.74, 6) is 1.68. The molecule has 1 aliphatic carbocycles. The minimum Gasteiger partial charge on any atom is -0.367 e. The first-order valence-electron chi connectivity index (χ1n) is 5.94. The molecule has 2 aromatic heterocycles. The Morgan fingerprint density at radius 3 is 2.78 bits per heavy atom. The fraction of sp³-hybridized carbons (Fsp3) is 0.308. The minimum absolute atomic E-state index is 0.591. The minimum atomic E-state index is 0.591. The largest absolute Gasteiger partial charge is 0.367 e. The van der Waals surface area contributed by atoms with Crippen molar-refractivity contribution in [2.75, 3.05) is 5.32 Å². The van der Waals surface area contributed by atoms with Gasteiger partial charge in [-0.3, -0.25) is 4.98 Å². The van der Waals surface area contributed by atoms with Crippen molar-refractivity contribution < 1.29 is 0 Å². The van der Waals surface area contributed by atoms with Crippen molar-refractivity contribution in [3.05, 3.63) is 34.8 Å². The van der Waals surface area contributed by atoms with Gasteiger partial charge < -0.3 is 5.32 Å². The lowest BCUT2D eigenvalue weighted by Gasteiger charge is -2.07. The van der Waals surface area contributed by atoms with E-state index in [4.69, 9.17) is 0 Å². The Kier molecular flexibility index (Phi) is 2.99. The average Bonchev–Trinajstić information content (AvgIpc) is 3.12. The Hall–Kier alpha value is -1.49. The quantitative estimate of drug-likeness (QED) is 0.946. The topological polar surface area (TPSA) is 50.7 Å². The van der Waals surface area contributed by atoms with Gasteiger partial charge in [0.1, 0.15) is 11.6 Å². The van der Waals surface area contributed by atoms with Crippen LogP contribution in [0.3, 0.4) is 0 Å². The standard InChI is InChI=1S/C13H13BrN4/c1-8-16-12(9-4-10(14)7-15-6-9)5-13(17-8)18-11-2-3-11/h4-7,11H,2-3H2,1H3,(H,16,17,18). The second kappa shape index (κ2) is 4.65. The van der Waals surface area contributed by atoms with Crippen LogP contribution in [0.1, 0.15) is 18.7 Å². The highest BCUT2D eigenvalue weighted by Gasteiger charge is 2.21. The SMILES string of the molecule is Cc1nc(NC2CC2)cc(-c2cncc(Br)c2)n1. The van der Waals surface area contributed by atoms with Crippen LogP contribution in [0.15, 0.2) is 29.0 Å². The van der Waals surface area contributed by atoms with Crippen molar-refractivity contribution in [2.24, 2.45) is 0 Å². The van der Waals surface area contributed by atoms with Crippen LogP contribution in [0.2, 0.25) is 0 Å². The number of hydrogen-bond donors (Lipinski definition) is 1. The van der Waals surface area contributed by atoms with E-state index >= 15 is 0 Å². The van der Waals surface area contributed by atoms with E-state index in [2.05, 4.69) is 36.2 Å². The van der Waals surface area contributed by atoms with Crippen molar-refractivity contribution >= 4 is 21.7 Å². The molecule has 0 unspecified atom stereocenters. The highest BCUT2D eigenvalue weighted by molar-refractivity contribution is 9.10. The highest BCUT2D eigenvalue weighted by Crippen LogP contribution is 2.26. The molecule has 92 valence electrons. The molecule has 1 fully saturated rings. The third kappa shape index (κ3) is 2.67. The van der Waals surface area contributed by atoms with Gasteiger partial charge in [-0.15, -0.1) is 0 Å². The Bertz CT molecular complexity index is 581. The predicted molar refractivity (Wildman–Crippen MR) is 74.3 cm³/mol. The lowest BCUT2D eigenvalue weighted by atomic mass is 10.2. The van der Waals surface area contributed by atoms with Crippen LogP contribution in [-0.2, 0) is 0 Å². The molecule has 0 saturated heterocycles. The van der Waals surface area contributed by atoms with E-state index in [0.29, 0.717) is 6.04 Å². The summed E-state index contributed by atoms with van der Waals surface area (Å²) in [4.78, 5) is 13.0. The summed E-state index contributed by atoms with van der Waals surface area (Å²) in [6.45, 7) is 1.91. The molecule has 2 aromatic rings. The number of nitrogens with zero attached hydrogens (tertiary/aromatic N) is 3. The van der Waals surface area contributed by atoms with Gasteiger partial charge in [-0.1, -0.05) is 0 Å². The Labute approximate surface area is 114 Å². The van der Waals surface area contributed by atoms with E-state index in [0.717, 1.165) is 27.4 Å². The molecule has 0 bridgehead atoms. The Morgan fingerprint density at radius 1 is 1.22 bits per heavy atom. The molecule has 0 atom stereocenters. The first-order chi connectivity index (χ1) is 8.70. The summed E-state index contributed by atoms with van der Waals surface area (Å²) >= 11 is 3.43. The number of hydrogen-bond acceptors (Lipinski definition) is 4. The number of anilines is 1. The molecule has 2 heterocycles. The maximum atomic E-state index is 4.46. The van der Waals surface area contributed by atoms with Crippen molar-refractivity contribution in [3.8, 4) is 11.3 Å². The number of pyridine rings is 1. The van der Waals surface area contributed by atoms with Crippen molar-refractivity contribution in [1.29, 1.82) is 0 Å². The van der Waals surface area contributed by atoms with E-state index in [1.807, 2.05) is 25.3 Å². The maximum absolute atomic E-state index is 4.46. The first kappa shape index (κ1) is 11.6. The van der Waals surface area contributed by atoms with Crippen molar-refractivity contribution in [3.63, 3.8) is 0 Å². The van der Waals surface area contributed by atoms with Gasteiger partial charge in [0.25, 0.3) is 0 Å². The lowest BCUT2D eigenvalue weighted by Crippen LogP contribution is -2.05. The van der Waals surface area contributed by atoms with Crippen molar-refractivity contribution in [1.82, 2.24) is 15.0 Å². The molecule has 4 nitrogen and oxygen atoms in total. The second-order valence-electron chi connectivity index (χ2n) is 4.50. The van der Waals surface area contributed by atoms with E-state index in [1.165, 1.54) is 12.8 Å². The van der Waals surface area contributed by atoms with Crippen LogP contribution >= 0.6 is 15.9 Å². The zero-order valence-corrected chi connectivity index (χ0v) is 11.6. The van der Waals surface area contributed by atoms with Crippen LogP contribution < -0.4 is 5.32 Å². The van der Waals surface area contributed by atoms with E-state index in [-0.39, 0.29) is 0 Å². The van der Waals surface area contributed by atoms with Crippen LogP contribution in [-0.4, -0.2) is 21.0 Å². The third-order valence-corrected chi connectivity index (χ3v) is 3.20. The van der Waals surface area contributed by atoms with Gasteiger partial charge in [0, 0.05) is 34.5 Å².